The molecular formula is C28H29NO5. The lowest BCUT2D eigenvalue weighted by Crippen LogP contribution is -2.59. The zero-order chi connectivity index (χ0) is 24.1. The average Bonchev–Trinajstić information content (AvgIpc) is 3.19. The third-order valence-corrected chi connectivity index (χ3v) is 6.35. The van der Waals surface area contributed by atoms with Gasteiger partial charge in [-0.25, -0.2) is 9.59 Å². The summed E-state index contributed by atoms with van der Waals surface area (Å²) in [6.45, 7) is 2.69. The largest absolute Gasteiger partial charge is 0.494 e. The van der Waals surface area contributed by atoms with Crippen molar-refractivity contribution >= 4 is 11.9 Å². The quantitative estimate of drug-likeness (QED) is 0.345. The molecule has 34 heavy (non-hydrogen) atoms. The minimum absolute atomic E-state index is 0.0520. The van der Waals surface area contributed by atoms with Crippen LogP contribution in [0.1, 0.15) is 36.0 Å². The number of hydrogen-bond donors (Lipinski definition) is 2. The highest BCUT2D eigenvalue weighted by Gasteiger charge is 2.47. The zero-order valence-corrected chi connectivity index (χ0v) is 19.4. The molecule has 3 aromatic carbocycles. The third kappa shape index (κ3) is 4.41. The molecule has 2 N–H and O–H groups in total. The molecule has 0 aromatic heterocycles. The number of likely N-dealkylation sites (N-methyl/N-ethyl adjacent to an activating group) is 1. The molecule has 0 aliphatic heterocycles. The first-order valence-corrected chi connectivity index (χ1v) is 11.5. The van der Waals surface area contributed by atoms with E-state index >= 15 is 0 Å². The molecule has 176 valence electrons. The molecule has 1 unspecified atom stereocenters. The highest BCUT2D eigenvalue weighted by Crippen LogP contribution is 2.44. The highest BCUT2D eigenvalue weighted by atomic mass is 16.5. The van der Waals surface area contributed by atoms with Gasteiger partial charge in [0.2, 0.25) is 5.54 Å². The monoisotopic (exact) mass is 459 g/mol. The average molecular weight is 460 g/mol. The van der Waals surface area contributed by atoms with Crippen LogP contribution in [-0.2, 0) is 20.7 Å². The zero-order valence-electron chi connectivity index (χ0n) is 19.4. The van der Waals surface area contributed by atoms with Crippen molar-refractivity contribution in [3.63, 3.8) is 0 Å². The summed E-state index contributed by atoms with van der Waals surface area (Å²) in [6, 6.07) is 23.2. The molecule has 0 heterocycles. The molecule has 3 aromatic rings. The number of carboxylic acid groups (broad SMARTS) is 1. The molecule has 6 nitrogen and oxygen atoms in total. The third-order valence-electron chi connectivity index (χ3n) is 6.35. The van der Waals surface area contributed by atoms with Gasteiger partial charge in [0.05, 0.1) is 6.61 Å². The van der Waals surface area contributed by atoms with Crippen molar-refractivity contribution in [3.8, 4) is 16.9 Å². The van der Waals surface area contributed by atoms with Crippen molar-refractivity contribution in [1.82, 2.24) is 5.32 Å². The summed E-state index contributed by atoms with van der Waals surface area (Å²) in [5.74, 6) is -1.53. The Bertz CT molecular complexity index is 1130. The van der Waals surface area contributed by atoms with Gasteiger partial charge in [0.1, 0.15) is 12.4 Å². The lowest BCUT2D eigenvalue weighted by molar-refractivity contribution is -0.163. The first kappa shape index (κ1) is 23.5. The Morgan fingerprint density at radius 2 is 1.53 bits per heavy atom. The predicted molar refractivity (Wildman–Crippen MR) is 130 cm³/mol. The van der Waals surface area contributed by atoms with Gasteiger partial charge in [-0.15, -0.1) is 0 Å². The van der Waals surface area contributed by atoms with Crippen LogP contribution in [0.2, 0.25) is 0 Å². The fourth-order valence-corrected chi connectivity index (χ4v) is 4.48. The van der Waals surface area contributed by atoms with Crippen molar-refractivity contribution in [2.24, 2.45) is 0 Å². The summed E-state index contributed by atoms with van der Waals surface area (Å²) in [4.78, 5) is 25.6. The van der Waals surface area contributed by atoms with Crippen LogP contribution in [0, 0.1) is 0 Å². The molecule has 6 heteroatoms. The van der Waals surface area contributed by atoms with Crippen molar-refractivity contribution in [2.75, 3.05) is 20.3 Å². The Morgan fingerprint density at radius 3 is 2.06 bits per heavy atom. The molecular weight excluding hydrogens is 430 g/mol. The van der Waals surface area contributed by atoms with E-state index in [0.29, 0.717) is 17.9 Å². The van der Waals surface area contributed by atoms with E-state index in [-0.39, 0.29) is 18.9 Å². The van der Waals surface area contributed by atoms with Crippen LogP contribution in [0.25, 0.3) is 11.1 Å². The maximum absolute atomic E-state index is 13.2. The summed E-state index contributed by atoms with van der Waals surface area (Å²) < 4.78 is 11.3. The number of fused-ring (bicyclic) bond motifs is 3. The van der Waals surface area contributed by atoms with Crippen molar-refractivity contribution < 1.29 is 24.2 Å². The smallest absolute Gasteiger partial charge is 0.338 e. The van der Waals surface area contributed by atoms with Gasteiger partial charge in [0.15, 0.2) is 0 Å². The summed E-state index contributed by atoms with van der Waals surface area (Å²) >= 11 is 0. The molecule has 0 saturated heterocycles. The van der Waals surface area contributed by atoms with E-state index in [4.69, 9.17) is 9.47 Å². The number of carbonyl (C=O) groups excluding carboxylic acids is 1. The number of ether oxygens (including phenoxy) is 2. The second-order valence-electron chi connectivity index (χ2n) is 8.46. The van der Waals surface area contributed by atoms with E-state index in [9.17, 15) is 14.7 Å². The van der Waals surface area contributed by atoms with Crippen LogP contribution in [0.5, 0.6) is 5.75 Å². The lowest BCUT2D eigenvalue weighted by atomic mass is 9.90. The fraction of sp³-hybridized carbons (Fsp3) is 0.286. The molecule has 0 radical (unpaired) electrons. The number of nitrogens with one attached hydrogen (secondary N) is 1. The van der Waals surface area contributed by atoms with Crippen LogP contribution in [0.3, 0.4) is 0 Å². The minimum atomic E-state index is -1.90. The SMILES string of the molecule is CCCOc1ccc(CC(NC)(C(=O)O)C(=O)OCC2c3ccccc3-c3ccccc32)cc1. The van der Waals surface area contributed by atoms with Crippen molar-refractivity contribution in [3.05, 3.63) is 89.5 Å². The summed E-state index contributed by atoms with van der Waals surface area (Å²) in [7, 11) is 1.47. The number of esters is 1. The van der Waals surface area contributed by atoms with E-state index in [0.717, 1.165) is 28.7 Å². The van der Waals surface area contributed by atoms with Crippen molar-refractivity contribution in [2.45, 2.75) is 31.2 Å². The molecule has 1 aliphatic carbocycles. The highest BCUT2D eigenvalue weighted by molar-refractivity contribution is 6.04. The lowest BCUT2D eigenvalue weighted by Gasteiger charge is -2.28. The molecule has 0 fully saturated rings. The normalized spacial score (nSPS) is 14.1. The maximum atomic E-state index is 13.2. The number of hydrogen-bond acceptors (Lipinski definition) is 5. The molecule has 0 saturated carbocycles. The number of carboxylic acids is 1. The van der Waals surface area contributed by atoms with Crippen LogP contribution >= 0.6 is 0 Å². The Hall–Kier alpha value is -3.64. The Balaban J connectivity index is 1.53. The van der Waals surface area contributed by atoms with E-state index < -0.39 is 17.5 Å². The molecule has 0 bridgehead atoms. The molecule has 1 atom stereocenters. The Kier molecular flexibility index (Phi) is 6.98. The standard InChI is InChI=1S/C28H29NO5/c1-3-16-33-20-14-12-19(13-15-20)17-28(29-2,26(30)31)27(32)34-18-25-23-10-6-4-8-21(23)22-9-5-7-11-24(22)25/h4-15,25,29H,3,16-18H2,1-2H3,(H,30,31). The van der Waals surface area contributed by atoms with Crippen LogP contribution < -0.4 is 10.1 Å². The maximum Gasteiger partial charge on any atom is 0.338 e. The molecule has 0 spiro atoms. The van der Waals surface area contributed by atoms with Gasteiger partial charge in [-0.1, -0.05) is 67.6 Å². The summed E-state index contributed by atoms with van der Waals surface area (Å²) in [6.07, 6.45) is 0.842. The first-order valence-electron chi connectivity index (χ1n) is 11.5. The second kappa shape index (κ2) is 10.1. The molecule has 4 rings (SSSR count). The van der Waals surface area contributed by atoms with E-state index in [1.807, 2.05) is 43.3 Å². The number of benzene rings is 3. The van der Waals surface area contributed by atoms with Gasteiger partial charge in [-0.05, 0) is 53.4 Å². The minimum Gasteiger partial charge on any atom is -0.494 e. The van der Waals surface area contributed by atoms with Crippen LogP contribution in [0.4, 0.5) is 0 Å². The van der Waals surface area contributed by atoms with Gasteiger partial charge in [0.25, 0.3) is 0 Å². The van der Waals surface area contributed by atoms with Gasteiger partial charge in [-0.2, -0.15) is 0 Å². The van der Waals surface area contributed by atoms with E-state index in [1.54, 1.807) is 24.3 Å². The summed E-state index contributed by atoms with van der Waals surface area (Å²) in [5.41, 5.74) is 3.16. The van der Waals surface area contributed by atoms with Gasteiger partial charge in [0, 0.05) is 12.3 Å². The fourth-order valence-electron chi connectivity index (χ4n) is 4.48. The number of aliphatic carboxylic acids is 1. The van der Waals surface area contributed by atoms with E-state index in [1.165, 1.54) is 7.05 Å². The molecule has 0 amide bonds. The topological polar surface area (TPSA) is 84.9 Å². The first-order chi connectivity index (χ1) is 16.5. The van der Waals surface area contributed by atoms with Gasteiger partial charge in [-0.3, -0.25) is 5.32 Å². The summed E-state index contributed by atoms with van der Waals surface area (Å²) in [5, 5.41) is 12.8. The van der Waals surface area contributed by atoms with Gasteiger partial charge >= 0.3 is 11.9 Å². The van der Waals surface area contributed by atoms with Crippen LogP contribution in [0.15, 0.2) is 72.8 Å². The van der Waals surface area contributed by atoms with E-state index in [2.05, 4.69) is 17.4 Å². The Morgan fingerprint density at radius 1 is 0.941 bits per heavy atom. The van der Waals surface area contributed by atoms with Crippen molar-refractivity contribution in [1.29, 1.82) is 0 Å². The predicted octanol–water partition coefficient (Wildman–Crippen LogP) is 4.42. The van der Waals surface area contributed by atoms with Gasteiger partial charge < -0.3 is 14.6 Å². The number of carbonyl (C=O) groups is 2. The molecule has 1 aliphatic rings. The Labute approximate surface area is 199 Å². The second-order valence-corrected chi connectivity index (χ2v) is 8.46. The van der Waals surface area contributed by atoms with Crippen LogP contribution in [-0.4, -0.2) is 42.8 Å². The number of rotatable bonds is 10.